The van der Waals surface area contributed by atoms with Crippen LogP contribution in [-0.2, 0) is 4.79 Å². The van der Waals surface area contributed by atoms with Crippen LogP contribution in [0.4, 0.5) is 4.39 Å². The number of carbonyl (C=O) groups excluding carboxylic acids is 3. The number of pyridine rings is 1. The van der Waals surface area contributed by atoms with Crippen LogP contribution in [0.1, 0.15) is 38.7 Å². The molecular formula is C27H23FN4O3S. The standard InChI is InChI=1S/C27H23FN4O3S/c1-16-31-24(25(36-16)18-6-2-8-19(28)13-18)27(35)32-15-21(33)11-10-20(32)14-30-26(34)22-9-3-5-17-7-4-12-29-23(17)22/h2-9,12-13,20H,10-11,14-15H2,1H3,(H,30,34). The molecule has 0 radical (unpaired) electrons. The first-order valence-corrected chi connectivity index (χ1v) is 12.4. The second-order valence-electron chi connectivity index (χ2n) is 8.68. The lowest BCUT2D eigenvalue weighted by atomic mass is 9.99. The molecule has 1 unspecified atom stereocenters. The average Bonchev–Trinajstić information content (AvgIpc) is 3.28. The second kappa shape index (κ2) is 9.94. The number of nitrogens with zero attached hydrogens (tertiary/aromatic N) is 3. The maximum atomic E-state index is 13.9. The van der Waals surface area contributed by atoms with Crippen LogP contribution >= 0.6 is 11.3 Å². The molecule has 182 valence electrons. The van der Waals surface area contributed by atoms with Crippen LogP contribution in [-0.4, -0.2) is 51.6 Å². The number of rotatable bonds is 5. The van der Waals surface area contributed by atoms with Crippen molar-refractivity contribution < 1.29 is 18.8 Å². The number of hydrogen-bond donors (Lipinski definition) is 1. The van der Waals surface area contributed by atoms with Gasteiger partial charge in [0.1, 0.15) is 11.5 Å². The summed E-state index contributed by atoms with van der Waals surface area (Å²) in [7, 11) is 0. The molecule has 1 fully saturated rings. The average molecular weight is 503 g/mol. The molecule has 1 N–H and O–H groups in total. The lowest BCUT2D eigenvalue weighted by molar-refractivity contribution is -0.122. The molecule has 1 aliphatic rings. The summed E-state index contributed by atoms with van der Waals surface area (Å²) in [6.07, 6.45) is 2.39. The van der Waals surface area contributed by atoms with Gasteiger partial charge in [-0.25, -0.2) is 9.37 Å². The van der Waals surface area contributed by atoms with Gasteiger partial charge in [0.05, 0.1) is 33.6 Å². The molecule has 4 aromatic rings. The zero-order valence-electron chi connectivity index (χ0n) is 19.5. The largest absolute Gasteiger partial charge is 0.350 e. The monoisotopic (exact) mass is 502 g/mol. The number of aryl methyl sites for hydroxylation is 1. The van der Waals surface area contributed by atoms with Crippen LogP contribution in [0.3, 0.4) is 0 Å². The molecule has 0 aliphatic carbocycles. The van der Waals surface area contributed by atoms with Gasteiger partial charge >= 0.3 is 0 Å². The Balaban J connectivity index is 1.39. The number of para-hydroxylation sites is 1. The highest BCUT2D eigenvalue weighted by Gasteiger charge is 2.34. The van der Waals surface area contributed by atoms with Crippen molar-refractivity contribution in [2.45, 2.75) is 25.8 Å². The van der Waals surface area contributed by atoms with Gasteiger partial charge in [-0.15, -0.1) is 11.3 Å². The molecule has 2 amide bonds. The number of carbonyl (C=O) groups is 3. The third-order valence-corrected chi connectivity index (χ3v) is 7.22. The van der Waals surface area contributed by atoms with Crippen molar-refractivity contribution in [1.29, 1.82) is 0 Å². The Morgan fingerprint density at radius 3 is 2.81 bits per heavy atom. The zero-order chi connectivity index (χ0) is 25.2. The zero-order valence-corrected chi connectivity index (χ0v) is 20.3. The van der Waals surface area contributed by atoms with Crippen molar-refractivity contribution in [3.63, 3.8) is 0 Å². The fraction of sp³-hybridized carbons (Fsp3) is 0.222. The molecule has 2 aromatic carbocycles. The van der Waals surface area contributed by atoms with Gasteiger partial charge in [0.15, 0.2) is 5.78 Å². The predicted octanol–water partition coefficient (Wildman–Crippen LogP) is 4.41. The van der Waals surface area contributed by atoms with E-state index < -0.39 is 11.7 Å². The summed E-state index contributed by atoms with van der Waals surface area (Å²) in [6.45, 7) is 1.90. The van der Waals surface area contributed by atoms with Crippen LogP contribution in [0.2, 0.25) is 0 Å². The first-order valence-electron chi connectivity index (χ1n) is 11.6. The molecular weight excluding hydrogens is 479 g/mol. The van der Waals surface area contributed by atoms with Crippen molar-refractivity contribution >= 4 is 39.8 Å². The number of aromatic nitrogens is 2. The van der Waals surface area contributed by atoms with Gasteiger partial charge in [-0.1, -0.05) is 30.3 Å². The van der Waals surface area contributed by atoms with Gasteiger partial charge in [0.2, 0.25) is 0 Å². The van der Waals surface area contributed by atoms with Crippen molar-refractivity contribution in [1.82, 2.24) is 20.2 Å². The Bertz CT molecular complexity index is 1480. The van der Waals surface area contributed by atoms with Crippen LogP contribution in [0, 0.1) is 12.7 Å². The smallest absolute Gasteiger partial charge is 0.274 e. The topological polar surface area (TPSA) is 92.3 Å². The molecule has 0 saturated carbocycles. The van der Waals surface area contributed by atoms with E-state index in [1.54, 1.807) is 37.4 Å². The number of hydrogen-bond acceptors (Lipinski definition) is 6. The highest BCUT2D eigenvalue weighted by Crippen LogP contribution is 2.32. The fourth-order valence-electron chi connectivity index (χ4n) is 4.46. The van der Waals surface area contributed by atoms with Crippen LogP contribution < -0.4 is 5.32 Å². The first-order chi connectivity index (χ1) is 17.4. The number of fused-ring (bicyclic) bond motifs is 1. The van der Waals surface area contributed by atoms with Crippen molar-refractivity contribution in [3.8, 4) is 10.4 Å². The highest BCUT2D eigenvalue weighted by atomic mass is 32.1. The molecule has 1 aliphatic heterocycles. The van der Waals surface area contributed by atoms with Gasteiger partial charge in [-0.3, -0.25) is 19.4 Å². The summed E-state index contributed by atoms with van der Waals surface area (Å²) in [6, 6.07) is 14.7. The SMILES string of the molecule is Cc1nc(C(=O)N2CC(=O)CCC2CNC(=O)c2cccc3cccnc23)c(-c2cccc(F)c2)s1. The summed E-state index contributed by atoms with van der Waals surface area (Å²) in [4.78, 5) is 49.8. The van der Waals surface area contributed by atoms with E-state index in [4.69, 9.17) is 0 Å². The van der Waals surface area contributed by atoms with E-state index in [-0.39, 0.29) is 36.5 Å². The Morgan fingerprint density at radius 2 is 1.97 bits per heavy atom. The number of amides is 2. The molecule has 0 spiro atoms. The van der Waals surface area contributed by atoms with E-state index in [2.05, 4.69) is 15.3 Å². The Labute approximate surface area is 211 Å². The van der Waals surface area contributed by atoms with Gasteiger partial charge < -0.3 is 10.2 Å². The summed E-state index contributed by atoms with van der Waals surface area (Å²) >= 11 is 1.30. The number of thiazole rings is 1. The minimum Gasteiger partial charge on any atom is -0.350 e. The van der Waals surface area contributed by atoms with Crippen molar-refractivity contribution in [2.24, 2.45) is 0 Å². The van der Waals surface area contributed by atoms with Gasteiger partial charge in [0, 0.05) is 24.5 Å². The molecule has 36 heavy (non-hydrogen) atoms. The van der Waals surface area contributed by atoms with Crippen LogP contribution in [0.25, 0.3) is 21.3 Å². The number of Topliss-reactive ketones (excluding diaryl/α,β-unsaturated/α-hetero) is 1. The minimum absolute atomic E-state index is 0.0524. The first kappa shape index (κ1) is 23.7. The van der Waals surface area contributed by atoms with E-state index in [1.807, 2.05) is 18.2 Å². The maximum Gasteiger partial charge on any atom is 0.274 e. The Morgan fingerprint density at radius 1 is 1.17 bits per heavy atom. The molecule has 2 aromatic heterocycles. The van der Waals surface area contributed by atoms with Crippen LogP contribution in [0.15, 0.2) is 60.8 Å². The molecule has 1 atom stereocenters. The number of ketones is 1. The minimum atomic E-state index is -0.409. The molecule has 5 rings (SSSR count). The lowest BCUT2D eigenvalue weighted by Crippen LogP contribution is -2.52. The highest BCUT2D eigenvalue weighted by molar-refractivity contribution is 7.15. The number of halogens is 1. The summed E-state index contributed by atoms with van der Waals surface area (Å²) in [5.41, 5.74) is 1.79. The Hall–Kier alpha value is -3.98. The van der Waals surface area contributed by atoms with E-state index >= 15 is 0 Å². The number of piperidine rings is 1. The van der Waals surface area contributed by atoms with Gasteiger partial charge in [-0.05, 0) is 43.2 Å². The fourth-order valence-corrected chi connectivity index (χ4v) is 5.36. The molecule has 1 saturated heterocycles. The van der Waals surface area contributed by atoms with Crippen molar-refractivity contribution in [3.05, 3.63) is 82.9 Å². The Kier molecular flexibility index (Phi) is 6.56. The molecule has 3 heterocycles. The molecule has 7 nitrogen and oxygen atoms in total. The van der Waals surface area contributed by atoms with Crippen LogP contribution in [0.5, 0.6) is 0 Å². The number of benzene rings is 2. The van der Waals surface area contributed by atoms with E-state index in [0.29, 0.717) is 39.4 Å². The van der Waals surface area contributed by atoms with Gasteiger partial charge in [0.25, 0.3) is 11.8 Å². The lowest BCUT2D eigenvalue weighted by Gasteiger charge is -2.35. The second-order valence-corrected chi connectivity index (χ2v) is 9.88. The summed E-state index contributed by atoms with van der Waals surface area (Å²) in [5, 5.41) is 4.44. The predicted molar refractivity (Wildman–Crippen MR) is 135 cm³/mol. The molecule has 0 bridgehead atoms. The quantitative estimate of drug-likeness (QED) is 0.437. The number of likely N-dealkylation sites (tertiary alicyclic amines) is 1. The normalized spacial score (nSPS) is 15.8. The third kappa shape index (κ3) is 4.74. The van der Waals surface area contributed by atoms with Crippen molar-refractivity contribution in [2.75, 3.05) is 13.1 Å². The van der Waals surface area contributed by atoms with E-state index in [0.717, 1.165) is 5.39 Å². The summed E-state index contributed by atoms with van der Waals surface area (Å²) in [5.74, 6) is -1.16. The maximum absolute atomic E-state index is 13.9. The van der Waals surface area contributed by atoms with E-state index in [9.17, 15) is 18.8 Å². The summed E-state index contributed by atoms with van der Waals surface area (Å²) < 4.78 is 13.9. The van der Waals surface area contributed by atoms with Gasteiger partial charge in [-0.2, -0.15) is 0 Å². The molecule has 9 heteroatoms. The number of nitrogens with one attached hydrogen (secondary N) is 1. The van der Waals surface area contributed by atoms with E-state index in [1.165, 1.54) is 28.4 Å². The third-order valence-electron chi connectivity index (χ3n) is 6.20.